The van der Waals surface area contributed by atoms with Crippen LogP contribution >= 0.6 is 0 Å². The molecule has 2 saturated heterocycles. The van der Waals surface area contributed by atoms with Gasteiger partial charge in [-0.15, -0.1) is 0 Å². The Labute approximate surface area is 162 Å². The molecule has 142 valence electrons. The van der Waals surface area contributed by atoms with E-state index < -0.39 is 5.54 Å². The summed E-state index contributed by atoms with van der Waals surface area (Å²) in [4.78, 5) is 17.7. The summed E-state index contributed by atoms with van der Waals surface area (Å²) in [7, 11) is 0. The number of hydrogen-bond donors (Lipinski definition) is 1. The maximum Gasteiger partial charge on any atom is 0.247 e. The van der Waals surface area contributed by atoms with Crippen molar-refractivity contribution in [1.29, 1.82) is 0 Å². The topological polar surface area (TPSA) is 35.6 Å². The number of rotatable bonds is 5. The minimum atomic E-state index is -0.398. The second-order valence-corrected chi connectivity index (χ2v) is 7.71. The van der Waals surface area contributed by atoms with Crippen LogP contribution in [0.2, 0.25) is 0 Å². The van der Waals surface area contributed by atoms with Gasteiger partial charge in [-0.05, 0) is 37.0 Å². The highest BCUT2D eigenvalue weighted by atomic mass is 16.2. The van der Waals surface area contributed by atoms with Crippen molar-refractivity contribution in [2.45, 2.75) is 44.2 Å². The van der Waals surface area contributed by atoms with Gasteiger partial charge >= 0.3 is 0 Å². The van der Waals surface area contributed by atoms with Crippen LogP contribution in [-0.2, 0) is 4.79 Å². The smallest absolute Gasteiger partial charge is 0.247 e. The molecule has 2 fully saturated rings. The molecule has 4 heteroatoms. The molecule has 1 unspecified atom stereocenters. The van der Waals surface area contributed by atoms with Gasteiger partial charge < -0.3 is 10.2 Å². The Balaban J connectivity index is 1.53. The largest absolute Gasteiger partial charge is 0.339 e. The SMILES string of the molecule is CCCC(c1ccccc1)N1CCC2(CC1)C(=O)NCN2c1ccccc1. The standard InChI is InChI=1S/C23H29N3O/c1-2-9-21(19-10-5-3-6-11-19)25-16-14-23(15-17-25)22(27)24-18-26(23)20-12-7-4-8-13-20/h3-8,10-13,21H,2,9,14-18H2,1H3,(H,24,27). The van der Waals surface area contributed by atoms with Gasteiger partial charge in [-0.2, -0.15) is 0 Å². The van der Waals surface area contributed by atoms with Crippen molar-refractivity contribution in [2.24, 2.45) is 0 Å². The third-order valence-corrected chi connectivity index (χ3v) is 6.22. The summed E-state index contributed by atoms with van der Waals surface area (Å²) in [5.74, 6) is 0.192. The van der Waals surface area contributed by atoms with Gasteiger partial charge in [-0.1, -0.05) is 61.9 Å². The highest BCUT2D eigenvalue weighted by Gasteiger charge is 2.50. The Hall–Kier alpha value is -2.33. The summed E-state index contributed by atoms with van der Waals surface area (Å²) in [6.45, 7) is 4.77. The van der Waals surface area contributed by atoms with Gasteiger partial charge in [0.1, 0.15) is 5.54 Å². The molecule has 0 saturated carbocycles. The molecular formula is C23H29N3O. The molecule has 0 bridgehead atoms. The zero-order chi connectivity index (χ0) is 18.7. The molecule has 0 radical (unpaired) electrons. The number of nitrogens with zero attached hydrogens (tertiary/aromatic N) is 2. The molecular weight excluding hydrogens is 334 g/mol. The monoisotopic (exact) mass is 363 g/mol. The van der Waals surface area contributed by atoms with Crippen molar-refractivity contribution in [1.82, 2.24) is 10.2 Å². The zero-order valence-corrected chi connectivity index (χ0v) is 16.1. The summed E-state index contributed by atoms with van der Waals surface area (Å²) < 4.78 is 0. The van der Waals surface area contributed by atoms with Crippen LogP contribution in [0.3, 0.4) is 0 Å². The molecule has 4 rings (SSSR count). The molecule has 1 spiro atoms. The molecule has 1 atom stereocenters. The highest BCUT2D eigenvalue weighted by molar-refractivity contribution is 5.93. The van der Waals surface area contributed by atoms with E-state index in [0.29, 0.717) is 12.7 Å². The number of carbonyl (C=O) groups excluding carboxylic acids is 1. The van der Waals surface area contributed by atoms with E-state index in [1.807, 2.05) is 18.2 Å². The average Bonchev–Trinajstić information content (AvgIpc) is 3.04. The number of piperidine rings is 1. The van der Waals surface area contributed by atoms with Crippen LogP contribution < -0.4 is 10.2 Å². The Bertz CT molecular complexity index is 754. The molecule has 4 nitrogen and oxygen atoms in total. The number of nitrogens with one attached hydrogen (secondary N) is 1. The third kappa shape index (κ3) is 3.34. The van der Waals surface area contributed by atoms with E-state index in [1.54, 1.807) is 0 Å². The molecule has 2 heterocycles. The van der Waals surface area contributed by atoms with E-state index in [4.69, 9.17) is 0 Å². The number of hydrogen-bond acceptors (Lipinski definition) is 3. The van der Waals surface area contributed by atoms with E-state index in [0.717, 1.165) is 44.5 Å². The molecule has 1 N–H and O–H groups in total. The van der Waals surface area contributed by atoms with Crippen molar-refractivity contribution in [3.8, 4) is 0 Å². The first-order valence-electron chi connectivity index (χ1n) is 10.1. The maximum atomic E-state index is 12.8. The first-order valence-corrected chi connectivity index (χ1v) is 10.1. The summed E-state index contributed by atoms with van der Waals surface area (Å²) >= 11 is 0. The van der Waals surface area contributed by atoms with Crippen molar-refractivity contribution in [3.63, 3.8) is 0 Å². The lowest BCUT2D eigenvalue weighted by atomic mass is 9.84. The quantitative estimate of drug-likeness (QED) is 0.873. The van der Waals surface area contributed by atoms with E-state index in [9.17, 15) is 4.79 Å². The predicted octanol–water partition coefficient (Wildman–Crippen LogP) is 3.96. The number of amides is 1. The van der Waals surface area contributed by atoms with Crippen LogP contribution in [-0.4, -0.2) is 36.1 Å². The first kappa shape index (κ1) is 18.1. The summed E-state index contributed by atoms with van der Waals surface area (Å²) in [6.07, 6.45) is 4.07. The minimum Gasteiger partial charge on any atom is -0.339 e. The number of anilines is 1. The summed E-state index contributed by atoms with van der Waals surface area (Å²) in [6, 6.07) is 21.6. The van der Waals surface area contributed by atoms with Crippen molar-refractivity contribution in [2.75, 3.05) is 24.7 Å². The van der Waals surface area contributed by atoms with Crippen LogP contribution in [0.1, 0.15) is 44.2 Å². The lowest BCUT2D eigenvalue weighted by Crippen LogP contribution is -2.56. The normalized spacial score (nSPS) is 20.6. The van der Waals surface area contributed by atoms with Crippen molar-refractivity contribution >= 4 is 11.6 Å². The highest BCUT2D eigenvalue weighted by Crippen LogP contribution is 2.39. The van der Waals surface area contributed by atoms with E-state index in [2.05, 4.69) is 64.5 Å². The van der Waals surface area contributed by atoms with Crippen molar-refractivity contribution < 1.29 is 4.79 Å². The molecule has 2 aliphatic rings. The molecule has 2 aromatic carbocycles. The summed E-state index contributed by atoms with van der Waals surface area (Å²) in [5.41, 5.74) is 2.13. The maximum absolute atomic E-state index is 12.8. The van der Waals surface area contributed by atoms with E-state index in [-0.39, 0.29) is 5.91 Å². The lowest BCUT2D eigenvalue weighted by molar-refractivity contribution is -0.125. The predicted molar refractivity (Wildman–Crippen MR) is 110 cm³/mol. The zero-order valence-electron chi connectivity index (χ0n) is 16.1. The number of para-hydroxylation sites is 1. The van der Waals surface area contributed by atoms with Gasteiger partial charge in [-0.25, -0.2) is 0 Å². The molecule has 27 heavy (non-hydrogen) atoms. The van der Waals surface area contributed by atoms with Gasteiger partial charge in [0.2, 0.25) is 5.91 Å². The van der Waals surface area contributed by atoms with Gasteiger partial charge in [0, 0.05) is 24.8 Å². The fourth-order valence-corrected chi connectivity index (χ4v) is 4.75. The summed E-state index contributed by atoms with van der Waals surface area (Å²) in [5, 5.41) is 3.10. The Morgan fingerprint density at radius 3 is 2.26 bits per heavy atom. The third-order valence-electron chi connectivity index (χ3n) is 6.22. The fraction of sp³-hybridized carbons (Fsp3) is 0.435. The van der Waals surface area contributed by atoms with Crippen LogP contribution in [0.5, 0.6) is 0 Å². The molecule has 0 aromatic heterocycles. The van der Waals surface area contributed by atoms with Gasteiger partial charge in [-0.3, -0.25) is 9.69 Å². The molecule has 2 aromatic rings. The van der Waals surface area contributed by atoms with Crippen molar-refractivity contribution in [3.05, 3.63) is 66.2 Å². The van der Waals surface area contributed by atoms with Crippen LogP contribution in [0.15, 0.2) is 60.7 Å². The van der Waals surface area contributed by atoms with Gasteiger partial charge in [0.05, 0.1) is 6.67 Å². The van der Waals surface area contributed by atoms with Gasteiger partial charge in [0.25, 0.3) is 0 Å². The fourth-order valence-electron chi connectivity index (χ4n) is 4.75. The lowest BCUT2D eigenvalue weighted by Gasteiger charge is -2.45. The second kappa shape index (κ2) is 7.73. The average molecular weight is 364 g/mol. The molecule has 1 amide bonds. The minimum absolute atomic E-state index is 0.192. The van der Waals surface area contributed by atoms with Gasteiger partial charge in [0.15, 0.2) is 0 Å². The Kier molecular flexibility index (Phi) is 5.17. The second-order valence-electron chi connectivity index (χ2n) is 7.71. The number of benzene rings is 2. The van der Waals surface area contributed by atoms with Crippen LogP contribution in [0.4, 0.5) is 5.69 Å². The van der Waals surface area contributed by atoms with E-state index in [1.165, 1.54) is 5.56 Å². The molecule has 2 aliphatic heterocycles. The Morgan fingerprint density at radius 2 is 1.63 bits per heavy atom. The number of carbonyl (C=O) groups is 1. The number of likely N-dealkylation sites (tertiary alicyclic amines) is 1. The van der Waals surface area contributed by atoms with Crippen LogP contribution in [0.25, 0.3) is 0 Å². The Morgan fingerprint density at radius 1 is 1.00 bits per heavy atom. The molecule has 0 aliphatic carbocycles. The van der Waals surface area contributed by atoms with Crippen LogP contribution in [0, 0.1) is 0 Å². The first-order chi connectivity index (χ1) is 13.2. The van der Waals surface area contributed by atoms with E-state index >= 15 is 0 Å².